The standard InChI is InChI=1S/C19H21NO3S/c1-4-18(15-6-5-7-16(12-15)23-3)19(13-20)24(21,22)17-10-8-14(2)9-11-17/h5-12,18-19H,4H2,1-3H3. The van der Waals surface area contributed by atoms with Gasteiger partial charge in [0.05, 0.1) is 18.1 Å². The quantitative estimate of drug-likeness (QED) is 0.798. The molecule has 0 N–H and O–H groups in total. The van der Waals surface area contributed by atoms with Gasteiger partial charge in [-0.3, -0.25) is 0 Å². The van der Waals surface area contributed by atoms with Crippen LogP contribution in [0.5, 0.6) is 5.75 Å². The first kappa shape index (κ1) is 18.0. The molecule has 2 aromatic rings. The van der Waals surface area contributed by atoms with E-state index in [2.05, 4.69) is 0 Å². The molecule has 0 radical (unpaired) electrons. The van der Waals surface area contributed by atoms with E-state index in [9.17, 15) is 13.7 Å². The molecule has 0 saturated heterocycles. The molecule has 0 bridgehead atoms. The molecular weight excluding hydrogens is 322 g/mol. The van der Waals surface area contributed by atoms with Crippen LogP contribution in [0.3, 0.4) is 0 Å². The molecule has 2 rings (SSSR count). The Balaban J connectivity index is 2.47. The van der Waals surface area contributed by atoms with E-state index in [1.54, 1.807) is 43.5 Å². The molecule has 5 heteroatoms. The highest BCUT2D eigenvalue weighted by Gasteiger charge is 2.35. The minimum atomic E-state index is -3.75. The number of hydrogen-bond acceptors (Lipinski definition) is 4. The molecule has 0 amide bonds. The van der Waals surface area contributed by atoms with Crippen molar-refractivity contribution in [2.24, 2.45) is 0 Å². The lowest BCUT2D eigenvalue weighted by Gasteiger charge is -2.22. The highest BCUT2D eigenvalue weighted by atomic mass is 32.2. The molecule has 0 saturated carbocycles. The third-order valence-corrected chi connectivity index (χ3v) is 6.17. The van der Waals surface area contributed by atoms with Crippen molar-refractivity contribution in [1.29, 1.82) is 5.26 Å². The predicted molar refractivity (Wildman–Crippen MR) is 93.8 cm³/mol. The lowest BCUT2D eigenvalue weighted by atomic mass is 9.93. The van der Waals surface area contributed by atoms with Gasteiger partial charge in [-0.25, -0.2) is 8.42 Å². The summed E-state index contributed by atoms with van der Waals surface area (Å²) in [6, 6.07) is 15.9. The normalized spacial score (nSPS) is 13.8. The molecule has 0 aliphatic carbocycles. The molecule has 0 aliphatic heterocycles. The van der Waals surface area contributed by atoms with E-state index in [1.165, 1.54) is 0 Å². The summed E-state index contributed by atoms with van der Waals surface area (Å²) >= 11 is 0. The van der Waals surface area contributed by atoms with Crippen molar-refractivity contribution in [3.05, 3.63) is 59.7 Å². The lowest BCUT2D eigenvalue weighted by Crippen LogP contribution is -2.27. The van der Waals surface area contributed by atoms with Gasteiger partial charge in [0.2, 0.25) is 0 Å². The van der Waals surface area contributed by atoms with Gasteiger partial charge in [0.15, 0.2) is 15.1 Å². The largest absolute Gasteiger partial charge is 0.497 e. The Morgan fingerprint density at radius 1 is 1.17 bits per heavy atom. The predicted octanol–water partition coefficient (Wildman–Crippen LogP) is 3.86. The smallest absolute Gasteiger partial charge is 0.195 e. The van der Waals surface area contributed by atoms with Crippen molar-refractivity contribution in [3.63, 3.8) is 0 Å². The van der Waals surface area contributed by atoms with Crippen LogP contribution in [0, 0.1) is 18.3 Å². The second-order valence-electron chi connectivity index (χ2n) is 5.70. The van der Waals surface area contributed by atoms with E-state index < -0.39 is 21.0 Å². The maximum Gasteiger partial charge on any atom is 0.195 e. The molecule has 0 fully saturated rings. The minimum absolute atomic E-state index is 0.181. The van der Waals surface area contributed by atoms with Crippen LogP contribution in [-0.2, 0) is 9.84 Å². The molecule has 0 aromatic heterocycles. The number of aryl methyl sites for hydroxylation is 1. The summed E-state index contributed by atoms with van der Waals surface area (Å²) in [7, 11) is -2.19. The van der Waals surface area contributed by atoms with Gasteiger partial charge in [0, 0.05) is 5.92 Å². The zero-order chi connectivity index (χ0) is 17.7. The first-order chi connectivity index (χ1) is 11.4. The second kappa shape index (κ2) is 7.50. The average Bonchev–Trinajstić information content (AvgIpc) is 2.59. The number of benzene rings is 2. The molecular formula is C19H21NO3S. The van der Waals surface area contributed by atoms with Gasteiger partial charge in [-0.15, -0.1) is 0 Å². The van der Waals surface area contributed by atoms with Crippen LogP contribution in [0.2, 0.25) is 0 Å². The van der Waals surface area contributed by atoms with E-state index in [1.807, 2.05) is 32.0 Å². The number of nitriles is 1. The van der Waals surface area contributed by atoms with Gasteiger partial charge in [-0.1, -0.05) is 36.8 Å². The SMILES string of the molecule is CCC(c1cccc(OC)c1)C(C#N)S(=O)(=O)c1ccc(C)cc1. The van der Waals surface area contributed by atoms with Gasteiger partial charge < -0.3 is 4.74 Å². The maximum atomic E-state index is 12.9. The molecule has 0 spiro atoms. The fourth-order valence-electron chi connectivity index (χ4n) is 2.75. The van der Waals surface area contributed by atoms with Gasteiger partial charge in [0.25, 0.3) is 0 Å². The van der Waals surface area contributed by atoms with Crippen LogP contribution in [0.15, 0.2) is 53.4 Å². The number of ether oxygens (including phenoxy) is 1. The van der Waals surface area contributed by atoms with Crippen LogP contribution in [0.1, 0.15) is 30.4 Å². The van der Waals surface area contributed by atoms with Crippen molar-refractivity contribution < 1.29 is 13.2 Å². The van der Waals surface area contributed by atoms with Crippen molar-refractivity contribution in [2.75, 3.05) is 7.11 Å². The first-order valence-electron chi connectivity index (χ1n) is 7.78. The Morgan fingerprint density at radius 2 is 1.83 bits per heavy atom. The average molecular weight is 343 g/mol. The second-order valence-corrected chi connectivity index (χ2v) is 7.77. The number of sulfone groups is 1. The van der Waals surface area contributed by atoms with Crippen molar-refractivity contribution in [1.82, 2.24) is 0 Å². The number of rotatable bonds is 6. The summed E-state index contributed by atoms with van der Waals surface area (Å²) in [5, 5.41) is 8.47. The van der Waals surface area contributed by atoms with E-state index in [0.29, 0.717) is 12.2 Å². The fraction of sp³-hybridized carbons (Fsp3) is 0.316. The number of hydrogen-bond donors (Lipinski definition) is 0. The zero-order valence-corrected chi connectivity index (χ0v) is 14.9. The maximum absolute atomic E-state index is 12.9. The zero-order valence-electron chi connectivity index (χ0n) is 14.1. The summed E-state index contributed by atoms with van der Waals surface area (Å²) < 4.78 is 31.1. The van der Waals surface area contributed by atoms with Crippen LogP contribution >= 0.6 is 0 Å². The Morgan fingerprint density at radius 3 is 2.38 bits per heavy atom. The van der Waals surface area contributed by atoms with E-state index in [-0.39, 0.29) is 4.90 Å². The molecule has 24 heavy (non-hydrogen) atoms. The molecule has 2 unspecified atom stereocenters. The van der Waals surface area contributed by atoms with E-state index >= 15 is 0 Å². The van der Waals surface area contributed by atoms with Crippen molar-refractivity contribution in [2.45, 2.75) is 36.3 Å². The topological polar surface area (TPSA) is 67.2 Å². The molecule has 4 nitrogen and oxygen atoms in total. The Labute approximate surface area is 143 Å². The van der Waals surface area contributed by atoms with Crippen molar-refractivity contribution >= 4 is 9.84 Å². The van der Waals surface area contributed by atoms with Gasteiger partial charge in [-0.2, -0.15) is 5.26 Å². The molecule has 0 aliphatic rings. The third-order valence-electron chi connectivity index (χ3n) is 4.14. The minimum Gasteiger partial charge on any atom is -0.497 e. The van der Waals surface area contributed by atoms with E-state index in [4.69, 9.17) is 4.74 Å². The van der Waals surface area contributed by atoms with Crippen LogP contribution in [-0.4, -0.2) is 20.8 Å². The first-order valence-corrected chi connectivity index (χ1v) is 9.32. The Bertz CT molecular complexity index is 836. The third kappa shape index (κ3) is 3.60. The van der Waals surface area contributed by atoms with Gasteiger partial charge in [-0.05, 0) is 43.2 Å². The van der Waals surface area contributed by atoms with Crippen LogP contribution < -0.4 is 4.74 Å². The molecule has 126 valence electrons. The van der Waals surface area contributed by atoms with Gasteiger partial charge >= 0.3 is 0 Å². The summed E-state index contributed by atoms with van der Waals surface area (Å²) in [6.45, 7) is 3.78. The lowest BCUT2D eigenvalue weighted by molar-refractivity contribution is 0.413. The Hall–Kier alpha value is -2.32. The summed E-state index contributed by atoms with van der Waals surface area (Å²) in [5.74, 6) is 0.228. The number of methoxy groups -OCH3 is 1. The molecule has 2 aromatic carbocycles. The summed E-state index contributed by atoms with van der Waals surface area (Å²) in [6.07, 6.45) is 0.538. The van der Waals surface area contributed by atoms with Crippen LogP contribution in [0.4, 0.5) is 0 Å². The highest BCUT2D eigenvalue weighted by Crippen LogP contribution is 2.32. The summed E-state index contributed by atoms with van der Waals surface area (Å²) in [4.78, 5) is 0.181. The van der Waals surface area contributed by atoms with E-state index in [0.717, 1.165) is 11.1 Å². The van der Waals surface area contributed by atoms with Crippen LogP contribution in [0.25, 0.3) is 0 Å². The number of nitrogens with zero attached hydrogens (tertiary/aromatic N) is 1. The van der Waals surface area contributed by atoms with Gasteiger partial charge in [0.1, 0.15) is 5.75 Å². The Kier molecular flexibility index (Phi) is 5.63. The van der Waals surface area contributed by atoms with Crippen molar-refractivity contribution in [3.8, 4) is 11.8 Å². The highest BCUT2D eigenvalue weighted by molar-refractivity contribution is 7.92. The molecule has 0 heterocycles. The summed E-state index contributed by atoms with van der Waals surface area (Å²) in [5.41, 5.74) is 1.77. The fourth-order valence-corrected chi connectivity index (χ4v) is 4.48. The monoisotopic (exact) mass is 343 g/mol. The molecule has 2 atom stereocenters.